The molecule has 28 heavy (non-hydrogen) atoms. The van der Waals surface area contributed by atoms with E-state index in [-0.39, 0.29) is 6.03 Å². The van der Waals surface area contributed by atoms with E-state index in [1.165, 1.54) is 11.1 Å². The van der Waals surface area contributed by atoms with E-state index in [2.05, 4.69) is 41.7 Å². The normalized spacial score (nSPS) is 10.3. The molecule has 0 fully saturated rings. The Balaban J connectivity index is 1.51. The molecule has 0 spiro atoms. The van der Waals surface area contributed by atoms with Crippen LogP contribution in [0.5, 0.6) is 5.75 Å². The predicted molar refractivity (Wildman–Crippen MR) is 114 cm³/mol. The Labute approximate surface area is 166 Å². The molecule has 0 unspecified atom stereocenters. The number of carbonyl (C=O) groups excluding carboxylic acids is 1. The van der Waals surface area contributed by atoms with Gasteiger partial charge in [-0.1, -0.05) is 72.8 Å². The van der Waals surface area contributed by atoms with Crippen molar-refractivity contribution in [3.05, 3.63) is 90.5 Å². The largest absolute Gasteiger partial charge is 0.492 e. The minimum atomic E-state index is -0.0843. The molecule has 0 saturated carbocycles. The lowest BCUT2D eigenvalue weighted by Gasteiger charge is -2.22. The van der Waals surface area contributed by atoms with Crippen LogP contribution in [0.3, 0.4) is 0 Å². The van der Waals surface area contributed by atoms with Crippen molar-refractivity contribution >= 4 is 6.03 Å². The van der Waals surface area contributed by atoms with Crippen LogP contribution in [0.15, 0.2) is 84.9 Å². The first-order valence-electron chi connectivity index (χ1n) is 9.55. The molecule has 3 aromatic rings. The molecule has 0 atom stereocenters. The zero-order chi connectivity index (χ0) is 19.6. The lowest BCUT2D eigenvalue weighted by atomic mass is 10.1. The lowest BCUT2D eigenvalue weighted by Crippen LogP contribution is -2.41. The smallest absolute Gasteiger partial charge is 0.317 e. The minimum absolute atomic E-state index is 0.0843. The molecule has 0 aromatic heterocycles. The molecule has 4 nitrogen and oxygen atoms in total. The van der Waals surface area contributed by atoms with Gasteiger partial charge in [0.05, 0.1) is 6.54 Å². The molecule has 144 valence electrons. The van der Waals surface area contributed by atoms with E-state index in [9.17, 15) is 4.79 Å². The van der Waals surface area contributed by atoms with Gasteiger partial charge in [0.1, 0.15) is 12.4 Å². The quantitative estimate of drug-likeness (QED) is 0.625. The number of nitrogens with one attached hydrogen (secondary N) is 1. The third-order valence-electron chi connectivity index (χ3n) is 4.61. The number of benzene rings is 3. The fraction of sp³-hybridized carbons (Fsp3) is 0.208. The molecule has 2 amide bonds. The van der Waals surface area contributed by atoms with Gasteiger partial charge in [-0.15, -0.1) is 0 Å². The number of nitrogens with zero attached hydrogens (tertiary/aromatic N) is 1. The van der Waals surface area contributed by atoms with Crippen LogP contribution in [0.25, 0.3) is 11.1 Å². The summed E-state index contributed by atoms with van der Waals surface area (Å²) in [5.41, 5.74) is 3.55. The number of hydrogen-bond donors (Lipinski definition) is 1. The SMILES string of the molecule is CNC(=O)N(CCOc1ccc(-c2ccccc2)cc1)CCc1ccccc1. The molecule has 0 aliphatic heterocycles. The van der Waals surface area contributed by atoms with Gasteiger partial charge in [0.15, 0.2) is 0 Å². The summed E-state index contributed by atoms with van der Waals surface area (Å²) >= 11 is 0. The number of hydrogen-bond acceptors (Lipinski definition) is 2. The maximum atomic E-state index is 12.1. The second-order valence-electron chi connectivity index (χ2n) is 6.52. The van der Waals surface area contributed by atoms with Gasteiger partial charge in [0.25, 0.3) is 0 Å². The van der Waals surface area contributed by atoms with Gasteiger partial charge < -0.3 is 15.0 Å². The maximum absolute atomic E-state index is 12.1. The van der Waals surface area contributed by atoms with Gasteiger partial charge in [-0.05, 0) is 35.2 Å². The van der Waals surface area contributed by atoms with Crippen LogP contribution in [-0.2, 0) is 6.42 Å². The highest BCUT2D eigenvalue weighted by Gasteiger charge is 2.11. The van der Waals surface area contributed by atoms with Crippen molar-refractivity contribution in [2.45, 2.75) is 6.42 Å². The van der Waals surface area contributed by atoms with E-state index in [4.69, 9.17) is 4.74 Å². The summed E-state index contributed by atoms with van der Waals surface area (Å²) in [7, 11) is 1.65. The Bertz CT molecular complexity index is 849. The summed E-state index contributed by atoms with van der Waals surface area (Å²) in [6.45, 7) is 1.64. The predicted octanol–water partition coefficient (Wildman–Crippen LogP) is 4.62. The van der Waals surface area contributed by atoms with E-state index in [1.54, 1.807) is 11.9 Å². The van der Waals surface area contributed by atoms with Crippen molar-refractivity contribution in [3.63, 3.8) is 0 Å². The number of amides is 2. The zero-order valence-electron chi connectivity index (χ0n) is 16.2. The highest BCUT2D eigenvalue weighted by atomic mass is 16.5. The van der Waals surface area contributed by atoms with Crippen LogP contribution >= 0.6 is 0 Å². The molecule has 0 aliphatic carbocycles. The fourth-order valence-corrected chi connectivity index (χ4v) is 3.03. The number of carbonyl (C=O) groups is 1. The zero-order valence-corrected chi connectivity index (χ0v) is 16.2. The maximum Gasteiger partial charge on any atom is 0.317 e. The second kappa shape index (κ2) is 10.2. The number of ether oxygens (including phenoxy) is 1. The van der Waals surface area contributed by atoms with Gasteiger partial charge in [0, 0.05) is 13.6 Å². The lowest BCUT2D eigenvalue weighted by molar-refractivity contribution is 0.185. The molecule has 4 heteroatoms. The molecule has 0 radical (unpaired) electrons. The third-order valence-corrected chi connectivity index (χ3v) is 4.61. The average molecular weight is 374 g/mol. The van der Waals surface area contributed by atoms with Crippen molar-refractivity contribution < 1.29 is 9.53 Å². The minimum Gasteiger partial charge on any atom is -0.492 e. The van der Waals surface area contributed by atoms with Gasteiger partial charge in [-0.25, -0.2) is 4.79 Å². The van der Waals surface area contributed by atoms with Crippen molar-refractivity contribution in [2.75, 3.05) is 26.7 Å². The fourth-order valence-electron chi connectivity index (χ4n) is 3.03. The summed E-state index contributed by atoms with van der Waals surface area (Å²) in [6, 6.07) is 28.4. The Morgan fingerprint density at radius 2 is 1.43 bits per heavy atom. The third kappa shape index (κ3) is 5.61. The highest BCUT2D eigenvalue weighted by molar-refractivity contribution is 5.73. The van der Waals surface area contributed by atoms with Gasteiger partial charge in [0.2, 0.25) is 0 Å². The molecule has 1 N–H and O–H groups in total. The van der Waals surface area contributed by atoms with Gasteiger partial charge in [-0.2, -0.15) is 0 Å². The van der Waals surface area contributed by atoms with Gasteiger partial charge in [-0.3, -0.25) is 0 Å². The standard InChI is InChI=1S/C24H26N2O2/c1-25-24(27)26(17-16-20-8-4-2-5-9-20)18-19-28-23-14-12-22(13-15-23)21-10-6-3-7-11-21/h2-15H,16-19H2,1H3,(H,25,27). The van der Waals surface area contributed by atoms with E-state index >= 15 is 0 Å². The molecule has 3 aromatic carbocycles. The first-order valence-corrected chi connectivity index (χ1v) is 9.55. The monoisotopic (exact) mass is 374 g/mol. The molecule has 3 rings (SSSR count). The second-order valence-corrected chi connectivity index (χ2v) is 6.52. The van der Waals surface area contributed by atoms with Crippen LogP contribution in [0.2, 0.25) is 0 Å². The van der Waals surface area contributed by atoms with Crippen molar-refractivity contribution in [1.29, 1.82) is 0 Å². The molecular formula is C24H26N2O2. The Kier molecular flexibility index (Phi) is 7.08. The van der Waals surface area contributed by atoms with Crippen LogP contribution in [0.1, 0.15) is 5.56 Å². The summed E-state index contributed by atoms with van der Waals surface area (Å²) in [4.78, 5) is 13.9. The first-order chi connectivity index (χ1) is 13.8. The summed E-state index contributed by atoms with van der Waals surface area (Å²) in [5, 5.41) is 2.71. The summed E-state index contributed by atoms with van der Waals surface area (Å²) < 4.78 is 5.85. The van der Waals surface area contributed by atoms with Crippen LogP contribution in [0.4, 0.5) is 4.79 Å². The van der Waals surface area contributed by atoms with Crippen LogP contribution < -0.4 is 10.1 Å². The van der Waals surface area contributed by atoms with Crippen LogP contribution in [-0.4, -0.2) is 37.7 Å². The number of rotatable bonds is 8. The van der Waals surface area contributed by atoms with Crippen molar-refractivity contribution in [2.24, 2.45) is 0 Å². The van der Waals surface area contributed by atoms with E-state index in [0.717, 1.165) is 17.7 Å². The topological polar surface area (TPSA) is 41.6 Å². The van der Waals surface area contributed by atoms with Gasteiger partial charge >= 0.3 is 6.03 Å². The first kappa shape index (κ1) is 19.5. The molecule has 0 aliphatic rings. The Hall–Kier alpha value is -3.27. The summed E-state index contributed by atoms with van der Waals surface area (Å²) in [6.07, 6.45) is 0.819. The van der Waals surface area contributed by atoms with E-state index < -0.39 is 0 Å². The van der Waals surface area contributed by atoms with E-state index in [0.29, 0.717) is 19.7 Å². The van der Waals surface area contributed by atoms with Crippen LogP contribution in [0, 0.1) is 0 Å². The average Bonchev–Trinajstić information content (AvgIpc) is 2.77. The highest BCUT2D eigenvalue weighted by Crippen LogP contribution is 2.22. The molecule has 0 saturated heterocycles. The number of urea groups is 1. The Morgan fingerprint density at radius 3 is 2.07 bits per heavy atom. The summed E-state index contributed by atoms with van der Waals surface area (Å²) in [5.74, 6) is 0.805. The molecule has 0 bridgehead atoms. The molecule has 0 heterocycles. The van der Waals surface area contributed by atoms with E-state index in [1.807, 2.05) is 48.5 Å². The van der Waals surface area contributed by atoms with Crippen molar-refractivity contribution in [3.8, 4) is 16.9 Å². The molecular weight excluding hydrogens is 348 g/mol. The van der Waals surface area contributed by atoms with Crippen molar-refractivity contribution in [1.82, 2.24) is 10.2 Å². The Morgan fingerprint density at radius 1 is 0.821 bits per heavy atom.